The molecule has 5 nitrogen and oxygen atoms in total. The summed E-state index contributed by atoms with van der Waals surface area (Å²) in [5.41, 5.74) is 1.83. The molecule has 2 N–H and O–H groups in total. The highest BCUT2D eigenvalue weighted by molar-refractivity contribution is 5.73. The highest BCUT2D eigenvalue weighted by atomic mass is 19.1. The molecule has 3 rings (SSSR count). The summed E-state index contributed by atoms with van der Waals surface area (Å²) in [4.78, 5) is 8.34. The van der Waals surface area contributed by atoms with Crippen LogP contribution in [0.5, 0.6) is 0 Å². The van der Waals surface area contributed by atoms with Crippen molar-refractivity contribution < 1.29 is 9.50 Å². The van der Waals surface area contributed by atoms with Crippen LogP contribution in [0.15, 0.2) is 54.7 Å². The zero-order chi connectivity index (χ0) is 17.6. The molecule has 6 heteroatoms. The van der Waals surface area contributed by atoms with Crippen molar-refractivity contribution in [3.8, 4) is 28.5 Å². The van der Waals surface area contributed by atoms with Crippen molar-refractivity contribution in [2.24, 2.45) is 0 Å². The molecule has 0 saturated carbocycles. The first-order valence-electron chi connectivity index (χ1n) is 7.70. The van der Waals surface area contributed by atoms with Gasteiger partial charge < -0.3 is 10.4 Å². The summed E-state index contributed by atoms with van der Waals surface area (Å²) in [5.74, 6) is -0.150. The van der Waals surface area contributed by atoms with E-state index in [2.05, 4.69) is 15.3 Å². The van der Waals surface area contributed by atoms with Crippen LogP contribution >= 0.6 is 0 Å². The number of aromatic nitrogens is 2. The Labute approximate surface area is 144 Å². The minimum atomic E-state index is -0.414. The van der Waals surface area contributed by atoms with Gasteiger partial charge in [-0.2, -0.15) is 5.26 Å². The highest BCUT2D eigenvalue weighted by Gasteiger charge is 2.15. The van der Waals surface area contributed by atoms with E-state index in [1.807, 2.05) is 36.4 Å². The summed E-state index contributed by atoms with van der Waals surface area (Å²) in [5, 5.41) is 20.9. The van der Waals surface area contributed by atoms with Gasteiger partial charge in [-0.25, -0.2) is 14.4 Å². The van der Waals surface area contributed by atoms with E-state index >= 15 is 0 Å². The van der Waals surface area contributed by atoms with E-state index in [0.717, 1.165) is 5.56 Å². The average molecular weight is 334 g/mol. The molecule has 0 unspecified atom stereocenters. The van der Waals surface area contributed by atoms with Gasteiger partial charge in [0.15, 0.2) is 11.5 Å². The molecule has 0 amide bonds. The van der Waals surface area contributed by atoms with Gasteiger partial charge in [0.05, 0.1) is 18.5 Å². The van der Waals surface area contributed by atoms with E-state index in [9.17, 15) is 9.65 Å². The Morgan fingerprint density at radius 2 is 1.84 bits per heavy atom. The van der Waals surface area contributed by atoms with Gasteiger partial charge in [0.1, 0.15) is 11.9 Å². The monoisotopic (exact) mass is 334 g/mol. The normalized spacial score (nSPS) is 10.3. The average Bonchev–Trinajstić information content (AvgIpc) is 2.67. The van der Waals surface area contributed by atoms with Crippen LogP contribution in [0, 0.1) is 17.1 Å². The van der Waals surface area contributed by atoms with Crippen molar-refractivity contribution in [1.82, 2.24) is 9.97 Å². The number of aliphatic hydroxyl groups is 1. The Balaban J connectivity index is 2.04. The van der Waals surface area contributed by atoms with E-state index in [1.165, 1.54) is 6.20 Å². The number of nitrogens with zero attached hydrogens (tertiary/aromatic N) is 3. The van der Waals surface area contributed by atoms with Crippen LogP contribution in [0.3, 0.4) is 0 Å². The molecule has 0 fully saturated rings. The summed E-state index contributed by atoms with van der Waals surface area (Å²) in [6.07, 6.45) is 1.41. The van der Waals surface area contributed by atoms with Gasteiger partial charge in [0, 0.05) is 17.7 Å². The van der Waals surface area contributed by atoms with Crippen LogP contribution in [-0.2, 0) is 0 Å². The van der Waals surface area contributed by atoms with Crippen LogP contribution in [0.4, 0.5) is 10.2 Å². The summed E-state index contributed by atoms with van der Waals surface area (Å²) < 4.78 is 15.0. The molecule has 0 aliphatic heterocycles. The number of rotatable bonds is 5. The maximum atomic E-state index is 15.0. The Morgan fingerprint density at radius 3 is 2.56 bits per heavy atom. The topological polar surface area (TPSA) is 81.8 Å². The molecule has 0 atom stereocenters. The van der Waals surface area contributed by atoms with E-state index in [1.54, 1.807) is 18.2 Å². The summed E-state index contributed by atoms with van der Waals surface area (Å²) >= 11 is 0. The van der Waals surface area contributed by atoms with Gasteiger partial charge in [0.25, 0.3) is 0 Å². The molecule has 0 saturated heterocycles. The summed E-state index contributed by atoms with van der Waals surface area (Å²) in [6.45, 7) is 0.155. The second-order valence-corrected chi connectivity index (χ2v) is 5.25. The third kappa shape index (κ3) is 3.47. The molecule has 2 aromatic carbocycles. The predicted molar refractivity (Wildman–Crippen MR) is 93.2 cm³/mol. The number of halogens is 1. The minimum Gasteiger partial charge on any atom is -0.395 e. The van der Waals surface area contributed by atoms with Gasteiger partial charge in [-0.05, 0) is 11.6 Å². The molecule has 25 heavy (non-hydrogen) atoms. The lowest BCUT2D eigenvalue weighted by molar-refractivity contribution is 0.311. The van der Waals surface area contributed by atoms with Crippen LogP contribution < -0.4 is 5.32 Å². The van der Waals surface area contributed by atoms with Crippen molar-refractivity contribution >= 4 is 5.82 Å². The molecule has 0 spiro atoms. The first kappa shape index (κ1) is 16.6. The SMILES string of the molecule is N#Cc1nc(-c2cccc(-c3ccccc3)c2F)cnc1NCCO. The standard InChI is InChI=1S/C19H15FN4O/c20-18-14(13-5-2-1-3-6-13)7-4-8-15(18)17-12-23-19(22-9-10-25)16(11-21)24-17/h1-8,12,25H,9-10H2,(H,22,23). The van der Waals surface area contributed by atoms with Gasteiger partial charge in [-0.3, -0.25) is 0 Å². The van der Waals surface area contributed by atoms with E-state index < -0.39 is 5.82 Å². The maximum Gasteiger partial charge on any atom is 0.183 e. The minimum absolute atomic E-state index is 0.0514. The van der Waals surface area contributed by atoms with Crippen molar-refractivity contribution in [1.29, 1.82) is 5.26 Å². The van der Waals surface area contributed by atoms with Crippen molar-refractivity contribution in [2.45, 2.75) is 0 Å². The van der Waals surface area contributed by atoms with E-state index in [-0.39, 0.29) is 35.9 Å². The molecular formula is C19H15FN4O. The van der Waals surface area contributed by atoms with Crippen molar-refractivity contribution in [2.75, 3.05) is 18.5 Å². The number of nitrogens with one attached hydrogen (secondary N) is 1. The Morgan fingerprint density at radius 1 is 1.08 bits per heavy atom. The third-order valence-corrected chi connectivity index (χ3v) is 3.64. The van der Waals surface area contributed by atoms with Gasteiger partial charge in [-0.1, -0.05) is 42.5 Å². The lowest BCUT2D eigenvalue weighted by atomic mass is 10.0. The Hall–Kier alpha value is -3.30. The second kappa shape index (κ2) is 7.51. The van der Waals surface area contributed by atoms with Crippen LogP contribution in [-0.4, -0.2) is 28.2 Å². The smallest absolute Gasteiger partial charge is 0.183 e. The fourth-order valence-corrected chi connectivity index (χ4v) is 2.47. The Kier molecular flexibility index (Phi) is 4.97. The number of aliphatic hydroxyl groups excluding tert-OH is 1. The van der Waals surface area contributed by atoms with Crippen molar-refractivity contribution in [3.63, 3.8) is 0 Å². The maximum absolute atomic E-state index is 15.0. The number of benzene rings is 2. The third-order valence-electron chi connectivity index (χ3n) is 3.64. The lowest BCUT2D eigenvalue weighted by Crippen LogP contribution is -2.09. The molecule has 0 aliphatic rings. The number of nitriles is 1. The van der Waals surface area contributed by atoms with Crippen LogP contribution in [0.25, 0.3) is 22.4 Å². The van der Waals surface area contributed by atoms with Crippen molar-refractivity contribution in [3.05, 3.63) is 66.2 Å². The Bertz CT molecular complexity index is 922. The first-order chi connectivity index (χ1) is 12.2. The zero-order valence-electron chi connectivity index (χ0n) is 13.3. The highest BCUT2D eigenvalue weighted by Crippen LogP contribution is 2.30. The fraction of sp³-hybridized carbons (Fsp3) is 0.105. The molecule has 0 aliphatic carbocycles. The summed E-state index contributed by atoms with van der Waals surface area (Å²) in [7, 11) is 0. The lowest BCUT2D eigenvalue weighted by Gasteiger charge is -2.10. The van der Waals surface area contributed by atoms with Gasteiger partial charge in [0.2, 0.25) is 0 Å². The predicted octanol–water partition coefficient (Wildman–Crippen LogP) is 3.23. The first-order valence-corrected chi connectivity index (χ1v) is 7.70. The fourth-order valence-electron chi connectivity index (χ4n) is 2.47. The van der Waals surface area contributed by atoms with Crippen LogP contribution in [0.1, 0.15) is 5.69 Å². The molecule has 0 radical (unpaired) electrons. The second-order valence-electron chi connectivity index (χ2n) is 5.25. The number of hydrogen-bond donors (Lipinski definition) is 2. The van der Waals surface area contributed by atoms with Gasteiger partial charge >= 0.3 is 0 Å². The molecule has 3 aromatic rings. The zero-order valence-corrected chi connectivity index (χ0v) is 13.3. The molecule has 0 bridgehead atoms. The molecule has 124 valence electrons. The molecule has 1 aromatic heterocycles. The molecule has 1 heterocycles. The largest absolute Gasteiger partial charge is 0.395 e. The molecular weight excluding hydrogens is 319 g/mol. The summed E-state index contributed by atoms with van der Waals surface area (Å²) in [6, 6.07) is 16.2. The number of anilines is 1. The quantitative estimate of drug-likeness (QED) is 0.749. The van der Waals surface area contributed by atoms with Gasteiger partial charge in [-0.15, -0.1) is 0 Å². The van der Waals surface area contributed by atoms with E-state index in [0.29, 0.717) is 5.56 Å². The van der Waals surface area contributed by atoms with Crippen LogP contribution in [0.2, 0.25) is 0 Å². The number of hydrogen-bond acceptors (Lipinski definition) is 5. The van der Waals surface area contributed by atoms with E-state index in [4.69, 9.17) is 5.11 Å².